The van der Waals surface area contributed by atoms with Crippen LogP contribution >= 0.6 is 22.6 Å². The molecule has 1 amide bonds. The van der Waals surface area contributed by atoms with E-state index in [9.17, 15) is 24.3 Å². The average molecular weight is 780 g/mol. The van der Waals surface area contributed by atoms with Crippen molar-refractivity contribution in [2.24, 2.45) is 29.5 Å². The predicted octanol–water partition coefficient (Wildman–Crippen LogP) is 3.08. The second kappa shape index (κ2) is 17.2. The maximum absolute atomic E-state index is 14.0. The van der Waals surface area contributed by atoms with E-state index in [0.29, 0.717) is 19.4 Å². The lowest BCUT2D eigenvalue weighted by Crippen LogP contribution is -2.59. The van der Waals surface area contributed by atoms with Gasteiger partial charge in [0.2, 0.25) is 0 Å². The number of nitrogens with two attached hydrogens (primary N) is 1. The quantitative estimate of drug-likeness (QED) is 0.0771. The third-order valence-corrected chi connectivity index (χ3v) is 11.1. The number of hydrogen-bond acceptors (Lipinski definition) is 12. The predicted molar refractivity (Wildman–Crippen MR) is 182 cm³/mol. The normalized spacial score (nSPS) is 38.4. The van der Waals surface area contributed by atoms with Crippen LogP contribution in [-0.2, 0) is 38.1 Å². The Hall–Kier alpha value is -1.87. The number of alkyl halides is 1. The highest BCUT2D eigenvalue weighted by molar-refractivity contribution is 14.1. The second-order valence-corrected chi connectivity index (χ2v) is 14.9. The first-order chi connectivity index (χ1) is 21.7. The summed E-state index contributed by atoms with van der Waals surface area (Å²) in [5.74, 6) is 3.53. The van der Waals surface area contributed by atoms with Crippen molar-refractivity contribution in [2.45, 2.75) is 121 Å². The first-order valence-corrected chi connectivity index (χ1v) is 17.3. The highest BCUT2D eigenvalue weighted by Crippen LogP contribution is 2.37. The number of ketones is 2. The lowest BCUT2D eigenvalue weighted by molar-refractivity contribution is -0.296. The summed E-state index contributed by atoms with van der Waals surface area (Å²) in [7, 11) is 3.32. The molecule has 2 rings (SSSR count). The molecule has 0 aliphatic carbocycles. The number of rotatable bonds is 6. The highest BCUT2D eigenvalue weighted by Gasteiger charge is 2.50. The van der Waals surface area contributed by atoms with Crippen molar-refractivity contribution >= 4 is 46.2 Å². The molecule has 3 N–H and O–H groups in total. The summed E-state index contributed by atoms with van der Waals surface area (Å²) >= 11 is 1.82. The molecule has 0 aromatic heterocycles. The Morgan fingerprint density at radius 2 is 1.72 bits per heavy atom. The van der Waals surface area contributed by atoms with Gasteiger partial charge in [0.25, 0.3) is 0 Å². The number of esters is 1. The van der Waals surface area contributed by atoms with Crippen molar-refractivity contribution in [3.63, 3.8) is 0 Å². The van der Waals surface area contributed by atoms with Crippen LogP contribution in [0.25, 0.3) is 0 Å². The molecule has 0 aromatic carbocycles. The molecular formula is C33H54IN3O10. The number of carbonyl (C=O) groups excluding carboxylic acids is 4. The first-order valence-electron chi connectivity index (χ1n) is 16.1. The van der Waals surface area contributed by atoms with Crippen LogP contribution in [0.2, 0.25) is 0 Å². The average Bonchev–Trinajstić information content (AvgIpc) is 3.01. The van der Waals surface area contributed by atoms with E-state index in [1.165, 1.54) is 14.0 Å². The van der Waals surface area contributed by atoms with Gasteiger partial charge in [-0.15, -0.1) is 12.3 Å². The molecule has 0 bridgehead atoms. The minimum Gasteiger partial charge on any atom is -0.447 e. The molecule has 2 saturated heterocycles. The van der Waals surface area contributed by atoms with E-state index >= 15 is 0 Å². The Kier molecular flexibility index (Phi) is 15.1. The van der Waals surface area contributed by atoms with E-state index in [1.54, 1.807) is 41.5 Å². The number of ether oxygens (including phenoxy) is 5. The summed E-state index contributed by atoms with van der Waals surface area (Å²) in [5, 5.41) is 12.3. The SMILES string of the molecule is C#CCCN(C)[C@H]1C[C@@H](C)O[C@@H](O[C@@H]2[C@@H](C)C(=O)[C@@H](C)C(=O)O[C@H](I)C(C)(C)OC(=O)N(N)C[C@@H](C)C(=O)[C@H](C)C[C@@]2(C)OC)[C@@H]1O. The lowest BCUT2D eigenvalue weighted by atomic mass is 9.77. The van der Waals surface area contributed by atoms with E-state index in [4.69, 9.17) is 36.0 Å². The lowest BCUT2D eigenvalue weighted by Gasteiger charge is -2.47. The second-order valence-electron chi connectivity index (χ2n) is 13.8. The van der Waals surface area contributed by atoms with Crippen LogP contribution in [0.3, 0.4) is 0 Å². The Morgan fingerprint density at radius 3 is 2.30 bits per heavy atom. The number of likely N-dealkylation sites (N-methyl/N-ethyl adjacent to an activating group) is 1. The third kappa shape index (κ3) is 10.3. The van der Waals surface area contributed by atoms with Crippen molar-refractivity contribution in [3.05, 3.63) is 0 Å². The standard InChI is InChI=1S/C33H54IN3O10/c1-12-13-14-36(10)23-15-20(4)44-29(26(23)40)45-27-21(5)25(39)22(6)28(41)46-30(34)32(7,8)47-31(42)37(35)17-19(3)24(38)18(2)16-33(27,9)43-11/h1,18-23,26-27,29-30,40H,13-17,35H2,2-11H3/t18-,19-,20-,21+,22-,23+,26-,27-,29+,30+,33-/m1/s1. The molecule has 0 spiro atoms. The number of hydrazine groups is 1. The van der Waals surface area contributed by atoms with Gasteiger partial charge in [-0.3, -0.25) is 19.3 Å². The molecule has 2 aliphatic heterocycles. The molecule has 2 fully saturated rings. The van der Waals surface area contributed by atoms with Crippen LogP contribution in [0.4, 0.5) is 4.79 Å². The van der Waals surface area contributed by atoms with E-state index in [-0.39, 0.29) is 30.9 Å². The van der Waals surface area contributed by atoms with Gasteiger partial charge in [-0.05, 0) is 77.1 Å². The smallest absolute Gasteiger partial charge is 0.424 e. The van der Waals surface area contributed by atoms with Gasteiger partial charge < -0.3 is 28.8 Å². The molecule has 14 heteroatoms. The number of Topliss-reactive ketones (excluding diaryl/α,β-unsaturated/α-hetero) is 2. The number of aliphatic hydroxyl groups excluding tert-OH is 1. The third-order valence-electron chi connectivity index (χ3n) is 9.32. The number of amides is 1. The first kappa shape index (κ1) is 41.3. The molecule has 268 valence electrons. The number of hydrogen-bond donors (Lipinski definition) is 2. The van der Waals surface area contributed by atoms with E-state index in [0.717, 1.165) is 5.01 Å². The number of halogens is 1. The van der Waals surface area contributed by atoms with Crippen LogP contribution < -0.4 is 5.84 Å². The van der Waals surface area contributed by atoms with E-state index in [2.05, 4.69) is 5.92 Å². The van der Waals surface area contributed by atoms with Crippen molar-refractivity contribution in [2.75, 3.05) is 27.2 Å². The number of nitrogens with zero attached hydrogens (tertiary/aromatic N) is 2. The van der Waals surface area contributed by atoms with Crippen LogP contribution in [0, 0.1) is 36.0 Å². The zero-order chi connectivity index (χ0) is 36.0. The molecule has 11 atom stereocenters. The van der Waals surface area contributed by atoms with Gasteiger partial charge >= 0.3 is 12.1 Å². The van der Waals surface area contributed by atoms with Gasteiger partial charge in [-0.25, -0.2) is 15.6 Å². The number of carbonyl (C=O) groups is 4. The van der Waals surface area contributed by atoms with Crippen molar-refractivity contribution in [1.82, 2.24) is 9.91 Å². The van der Waals surface area contributed by atoms with Gasteiger partial charge in [-0.1, -0.05) is 20.8 Å². The van der Waals surface area contributed by atoms with Crippen LogP contribution in [0.1, 0.15) is 74.7 Å². The zero-order valence-corrected chi connectivity index (χ0v) is 31.5. The van der Waals surface area contributed by atoms with E-state index in [1.807, 2.05) is 41.5 Å². The fourth-order valence-electron chi connectivity index (χ4n) is 6.23. The Labute approximate surface area is 293 Å². The molecule has 47 heavy (non-hydrogen) atoms. The Balaban J connectivity index is 2.59. The summed E-state index contributed by atoms with van der Waals surface area (Å²) in [5.41, 5.74) is -2.62. The van der Waals surface area contributed by atoms with Crippen LogP contribution in [-0.4, -0.2) is 112 Å². The number of aliphatic hydroxyl groups is 1. The number of terminal acetylenes is 1. The minimum absolute atomic E-state index is 0.0928. The maximum Gasteiger partial charge on any atom is 0.424 e. The molecule has 2 heterocycles. The van der Waals surface area contributed by atoms with Gasteiger partial charge in [-0.2, -0.15) is 0 Å². The highest BCUT2D eigenvalue weighted by atomic mass is 127. The largest absolute Gasteiger partial charge is 0.447 e. The minimum atomic E-state index is -1.33. The monoisotopic (exact) mass is 779 g/mol. The summed E-state index contributed by atoms with van der Waals surface area (Å²) in [6.07, 6.45) is 2.01. The van der Waals surface area contributed by atoms with Crippen LogP contribution in [0.15, 0.2) is 0 Å². The molecule has 0 unspecified atom stereocenters. The number of cyclic esters (lactones) is 2. The topological polar surface area (TPSA) is 167 Å². The summed E-state index contributed by atoms with van der Waals surface area (Å²) in [6, 6.07) is -0.352. The molecule has 2 aliphatic rings. The molecule has 13 nitrogen and oxygen atoms in total. The summed E-state index contributed by atoms with van der Waals surface area (Å²) < 4.78 is 28.8. The van der Waals surface area contributed by atoms with Gasteiger partial charge in [0.1, 0.15) is 17.8 Å². The summed E-state index contributed by atoms with van der Waals surface area (Å²) in [6.45, 7) is 13.5. The fourth-order valence-corrected chi connectivity index (χ4v) is 6.60. The van der Waals surface area contributed by atoms with Crippen molar-refractivity contribution in [1.29, 1.82) is 0 Å². The van der Waals surface area contributed by atoms with E-state index < -0.39 is 75.3 Å². The zero-order valence-electron chi connectivity index (χ0n) is 29.4. The van der Waals surface area contributed by atoms with Crippen LogP contribution in [0.5, 0.6) is 0 Å². The number of methoxy groups -OCH3 is 1. The van der Waals surface area contributed by atoms with Crippen molar-refractivity contribution in [3.8, 4) is 12.3 Å². The van der Waals surface area contributed by atoms with Gasteiger partial charge in [0, 0.05) is 50.4 Å². The van der Waals surface area contributed by atoms with Gasteiger partial charge in [0.15, 0.2) is 21.8 Å². The molecule has 0 saturated carbocycles. The maximum atomic E-state index is 14.0. The fraction of sp³-hybridized carbons (Fsp3) is 0.818. The van der Waals surface area contributed by atoms with Crippen molar-refractivity contribution < 1.29 is 48.0 Å². The Morgan fingerprint density at radius 1 is 1.11 bits per heavy atom. The molecular weight excluding hydrogens is 725 g/mol. The Bertz CT molecular complexity index is 1160. The summed E-state index contributed by atoms with van der Waals surface area (Å²) in [4.78, 5) is 55.7. The van der Waals surface area contributed by atoms with Gasteiger partial charge in [0.05, 0.1) is 17.8 Å². The molecule has 0 radical (unpaired) electrons. The molecule has 0 aromatic rings.